The molecule has 406 valence electrons. The summed E-state index contributed by atoms with van der Waals surface area (Å²) in [6.45, 7) is 2.17. The standard InChI is InChI=1S/C31H38N2O8.C26H30N2O7/c1-31(30(37)32-2,26(35)21-41-27-7-5-6-18-39-27)33(3)29(36)25-16-14-23(15-17-25)9-8-22-10-12-24(13-11-22)20-40-28(19-34)38-4;1-26(22(31)15-29,25(33)27-2)28(3)24(32)21-13-11-19(12-14-21)6-5-18-7-9-20(10-8-18)17-35-23(16-30)34-4/h10-17,27-28,34H,5-7,18-21H2,1-4H3,(H,32,37);7-14,23,29-30H,15-17H2,1-4H3,(H,27,33)/t27?,28?,31-;23?,26-/m11/s1. The van der Waals surface area contributed by atoms with E-state index >= 15 is 0 Å². The molecule has 1 saturated heterocycles. The van der Waals surface area contributed by atoms with Gasteiger partial charge in [-0.15, -0.1) is 0 Å². The van der Waals surface area contributed by atoms with Crippen LogP contribution in [0.25, 0.3) is 0 Å². The number of benzene rings is 4. The molecule has 0 bridgehead atoms. The molecule has 19 heteroatoms. The second kappa shape index (κ2) is 30.4. The van der Waals surface area contributed by atoms with Gasteiger partial charge < -0.3 is 64.2 Å². The molecule has 3 unspecified atom stereocenters. The van der Waals surface area contributed by atoms with E-state index in [1.54, 1.807) is 48.5 Å². The van der Waals surface area contributed by atoms with Gasteiger partial charge in [0, 0.05) is 82.4 Å². The molecule has 4 amide bonds. The molecule has 0 aromatic heterocycles. The zero-order valence-corrected chi connectivity index (χ0v) is 44.2. The zero-order valence-electron chi connectivity index (χ0n) is 44.2. The molecule has 5 N–H and O–H groups in total. The highest BCUT2D eigenvalue weighted by Crippen LogP contribution is 2.23. The number of hydrogen-bond acceptors (Lipinski definition) is 15. The Morgan fingerprint density at radius 3 is 1.29 bits per heavy atom. The van der Waals surface area contributed by atoms with Gasteiger partial charge in [-0.3, -0.25) is 28.8 Å². The number of nitrogens with one attached hydrogen (secondary N) is 2. The number of Topliss-reactive ketones (excluding diaryl/α,β-unsaturated/α-hetero) is 2. The maximum absolute atomic E-state index is 13.3. The van der Waals surface area contributed by atoms with Gasteiger partial charge in [-0.05, 0) is 117 Å². The van der Waals surface area contributed by atoms with E-state index < -0.39 is 71.8 Å². The highest BCUT2D eigenvalue weighted by molar-refractivity contribution is 6.15. The van der Waals surface area contributed by atoms with Crippen LogP contribution >= 0.6 is 0 Å². The Morgan fingerprint density at radius 1 is 0.605 bits per heavy atom. The van der Waals surface area contributed by atoms with Crippen LogP contribution in [0.4, 0.5) is 0 Å². The average Bonchev–Trinajstić information content (AvgIpc) is 3.47. The maximum Gasteiger partial charge on any atom is 0.254 e. The largest absolute Gasteiger partial charge is 0.391 e. The minimum absolute atomic E-state index is 0.225. The molecule has 76 heavy (non-hydrogen) atoms. The quantitative estimate of drug-likeness (QED) is 0.0432. The van der Waals surface area contributed by atoms with Crippen molar-refractivity contribution < 1.29 is 72.5 Å². The van der Waals surface area contributed by atoms with Crippen molar-refractivity contribution in [1.82, 2.24) is 20.4 Å². The molecule has 5 atom stereocenters. The van der Waals surface area contributed by atoms with E-state index in [4.69, 9.17) is 38.6 Å². The summed E-state index contributed by atoms with van der Waals surface area (Å²) in [5, 5.41) is 32.3. The lowest BCUT2D eigenvalue weighted by Crippen LogP contribution is -2.62. The summed E-state index contributed by atoms with van der Waals surface area (Å²) >= 11 is 0. The minimum Gasteiger partial charge on any atom is -0.391 e. The molecule has 5 rings (SSSR count). The Morgan fingerprint density at radius 2 is 0.974 bits per heavy atom. The number of rotatable bonds is 22. The number of ketones is 2. The van der Waals surface area contributed by atoms with Crippen LogP contribution in [0.15, 0.2) is 97.1 Å². The number of hydrogen-bond donors (Lipinski definition) is 5. The van der Waals surface area contributed by atoms with Crippen molar-refractivity contribution >= 4 is 35.2 Å². The monoisotopic (exact) mass is 1050 g/mol. The molecule has 4 aromatic carbocycles. The summed E-state index contributed by atoms with van der Waals surface area (Å²) in [7, 11) is 8.46. The van der Waals surface area contributed by atoms with Crippen LogP contribution in [0.3, 0.4) is 0 Å². The summed E-state index contributed by atoms with van der Waals surface area (Å²) in [6.07, 6.45) is 0.720. The molecular formula is C57H68N4O15. The number of carbonyl (C=O) groups excluding carboxylic acids is 6. The van der Waals surface area contributed by atoms with Crippen molar-refractivity contribution in [3.8, 4) is 23.7 Å². The molecule has 1 aliphatic heterocycles. The SMILES string of the molecule is CNC(=O)[C@@](C)(C(=O)CO)N(C)C(=O)c1ccc(C#Cc2ccc(COC(CO)OC)cc2)cc1.CNC(=O)[C@@](C)(C(=O)COC1CCCCO1)N(C)C(=O)c1ccc(C#Cc2ccc(COC(CO)OC)cc2)cc1. The van der Waals surface area contributed by atoms with Gasteiger partial charge in [0.15, 0.2) is 41.5 Å². The molecule has 19 nitrogen and oxygen atoms in total. The molecule has 0 saturated carbocycles. The van der Waals surface area contributed by atoms with Gasteiger partial charge in [0.05, 0.1) is 26.4 Å². The van der Waals surface area contributed by atoms with Crippen molar-refractivity contribution in [3.05, 3.63) is 142 Å². The Balaban J connectivity index is 0.000000333. The zero-order chi connectivity index (χ0) is 55.8. The van der Waals surface area contributed by atoms with Gasteiger partial charge in [-0.25, -0.2) is 0 Å². The Kier molecular flexibility index (Phi) is 24.6. The topological polar surface area (TPSA) is 249 Å². The average molecular weight is 1050 g/mol. The second-order valence-electron chi connectivity index (χ2n) is 17.5. The third kappa shape index (κ3) is 16.7. The van der Waals surface area contributed by atoms with E-state index in [0.29, 0.717) is 42.9 Å². The summed E-state index contributed by atoms with van der Waals surface area (Å²) in [5.41, 5.74) is 1.69. The summed E-state index contributed by atoms with van der Waals surface area (Å²) in [6, 6.07) is 28.0. The van der Waals surface area contributed by atoms with Gasteiger partial charge in [0.25, 0.3) is 23.6 Å². The van der Waals surface area contributed by atoms with Crippen LogP contribution in [0.2, 0.25) is 0 Å². The fourth-order valence-corrected chi connectivity index (χ4v) is 7.34. The van der Waals surface area contributed by atoms with E-state index in [2.05, 4.69) is 34.3 Å². The lowest BCUT2D eigenvalue weighted by molar-refractivity contribution is -0.174. The molecule has 1 fully saturated rings. The van der Waals surface area contributed by atoms with E-state index in [9.17, 15) is 33.9 Å². The summed E-state index contributed by atoms with van der Waals surface area (Å²) in [4.78, 5) is 79.0. The summed E-state index contributed by atoms with van der Waals surface area (Å²) < 4.78 is 31.9. The minimum atomic E-state index is -1.85. The normalized spacial score (nSPS) is 15.2. The van der Waals surface area contributed by atoms with Crippen LogP contribution in [0.5, 0.6) is 0 Å². The first-order chi connectivity index (χ1) is 36.4. The maximum atomic E-state index is 13.3. The molecule has 1 heterocycles. The Bertz CT molecular complexity index is 2660. The van der Waals surface area contributed by atoms with Crippen LogP contribution in [-0.4, -0.2) is 166 Å². The first kappa shape index (κ1) is 61.4. The third-order valence-corrected chi connectivity index (χ3v) is 12.6. The predicted octanol–water partition coefficient (Wildman–Crippen LogP) is 2.96. The van der Waals surface area contributed by atoms with Crippen molar-refractivity contribution in [3.63, 3.8) is 0 Å². The van der Waals surface area contributed by atoms with Gasteiger partial charge in [-0.2, -0.15) is 0 Å². The number of likely N-dealkylation sites (N-methyl/N-ethyl adjacent to an activating group) is 4. The molecule has 4 aromatic rings. The molecule has 0 spiro atoms. The van der Waals surface area contributed by atoms with Crippen LogP contribution in [-0.2, 0) is 60.8 Å². The van der Waals surface area contributed by atoms with Gasteiger partial charge >= 0.3 is 0 Å². The van der Waals surface area contributed by atoms with Crippen molar-refractivity contribution in [2.75, 3.05) is 75.4 Å². The smallest absolute Gasteiger partial charge is 0.254 e. The molecule has 0 aliphatic carbocycles. The highest BCUT2D eigenvalue weighted by atomic mass is 16.7. The second-order valence-corrected chi connectivity index (χ2v) is 17.5. The number of carbonyl (C=O) groups is 6. The number of methoxy groups -OCH3 is 2. The Hall–Kier alpha value is -7.14. The Labute approximate surface area is 443 Å². The van der Waals surface area contributed by atoms with Crippen LogP contribution in [0, 0.1) is 23.7 Å². The number of aliphatic hydroxyl groups excluding tert-OH is 3. The van der Waals surface area contributed by atoms with Gasteiger partial charge in [-0.1, -0.05) is 47.9 Å². The number of nitrogens with zero attached hydrogens (tertiary/aromatic N) is 2. The predicted molar refractivity (Wildman–Crippen MR) is 279 cm³/mol. The van der Waals surface area contributed by atoms with Crippen LogP contribution in [0.1, 0.15) is 87.2 Å². The third-order valence-electron chi connectivity index (χ3n) is 12.6. The van der Waals surface area contributed by atoms with E-state index in [1.807, 2.05) is 48.5 Å². The van der Waals surface area contributed by atoms with Gasteiger partial charge in [0.2, 0.25) is 0 Å². The fraction of sp³-hybridized carbons (Fsp3) is 0.404. The molecule has 0 radical (unpaired) electrons. The van der Waals surface area contributed by atoms with Gasteiger partial charge in [0.1, 0.15) is 13.2 Å². The van der Waals surface area contributed by atoms with E-state index in [1.165, 1.54) is 56.3 Å². The van der Waals surface area contributed by atoms with Crippen molar-refractivity contribution in [2.24, 2.45) is 0 Å². The molecule has 1 aliphatic rings. The number of ether oxygens (including phenoxy) is 6. The first-order valence-corrected chi connectivity index (χ1v) is 24.3. The highest BCUT2D eigenvalue weighted by Gasteiger charge is 2.47. The van der Waals surface area contributed by atoms with E-state index in [-0.39, 0.29) is 25.4 Å². The fourth-order valence-electron chi connectivity index (χ4n) is 7.34. The number of aliphatic hydroxyl groups is 3. The number of amides is 4. The first-order valence-electron chi connectivity index (χ1n) is 24.3. The van der Waals surface area contributed by atoms with E-state index in [0.717, 1.165) is 44.9 Å². The summed E-state index contributed by atoms with van der Waals surface area (Å²) in [5.74, 6) is 8.51. The lowest BCUT2D eigenvalue weighted by Gasteiger charge is -2.36. The van der Waals surface area contributed by atoms with Crippen LogP contribution < -0.4 is 10.6 Å². The van der Waals surface area contributed by atoms with Crippen molar-refractivity contribution in [2.45, 2.75) is 76.3 Å². The lowest BCUT2D eigenvalue weighted by atomic mass is 9.92. The van der Waals surface area contributed by atoms with Crippen molar-refractivity contribution in [1.29, 1.82) is 0 Å². The molecular weight excluding hydrogens is 981 g/mol.